The number of anilines is 1. The molecule has 2 aromatic rings. The van der Waals surface area contributed by atoms with Crippen LogP contribution in [0.4, 0.5) is 5.69 Å². The number of benzene rings is 2. The molecule has 21 heavy (non-hydrogen) atoms. The van der Waals surface area contributed by atoms with Crippen molar-refractivity contribution in [2.75, 3.05) is 12.3 Å². The van der Waals surface area contributed by atoms with E-state index in [0.717, 1.165) is 38.4 Å². The molecule has 0 amide bonds. The number of hydrogen-bond donors (Lipinski definition) is 1. The quantitative estimate of drug-likeness (QED) is 0.845. The van der Waals surface area contributed by atoms with Crippen LogP contribution >= 0.6 is 15.9 Å². The van der Waals surface area contributed by atoms with Crippen LogP contribution in [-0.4, -0.2) is 10.8 Å². The lowest BCUT2D eigenvalue weighted by molar-refractivity contribution is 0.354. The topological polar surface area (TPSA) is 52.3 Å². The third-order valence-electron chi connectivity index (χ3n) is 3.62. The van der Waals surface area contributed by atoms with Crippen LogP contribution in [0.15, 0.2) is 39.7 Å². The summed E-state index contributed by atoms with van der Waals surface area (Å²) in [6.07, 6.45) is 0.912. The Morgan fingerprint density at radius 1 is 1.33 bits per heavy atom. The average molecular weight is 366 g/mol. The fourth-order valence-corrected chi connectivity index (χ4v) is 4.21. The van der Waals surface area contributed by atoms with Gasteiger partial charge in [-0.2, -0.15) is 0 Å². The van der Waals surface area contributed by atoms with Crippen molar-refractivity contribution < 1.29 is 8.95 Å². The Hall–Kier alpha value is -1.33. The number of rotatable bonds is 3. The molecule has 1 aliphatic rings. The highest BCUT2D eigenvalue weighted by Gasteiger charge is 2.19. The molecular formula is C16H16BrNO2S. The second-order valence-electron chi connectivity index (χ2n) is 5.16. The summed E-state index contributed by atoms with van der Waals surface area (Å²) in [6.45, 7) is 2.63. The minimum absolute atomic E-state index is 0.450. The highest BCUT2D eigenvalue weighted by molar-refractivity contribution is 9.10. The molecule has 3 nitrogen and oxygen atoms in total. The van der Waals surface area contributed by atoms with E-state index in [2.05, 4.69) is 22.0 Å². The molecule has 0 saturated heterocycles. The highest BCUT2D eigenvalue weighted by atomic mass is 79.9. The van der Waals surface area contributed by atoms with E-state index in [-0.39, 0.29) is 0 Å². The van der Waals surface area contributed by atoms with Gasteiger partial charge in [0.15, 0.2) is 0 Å². The Morgan fingerprint density at radius 2 is 2.14 bits per heavy atom. The zero-order valence-electron chi connectivity index (χ0n) is 11.7. The number of nitrogen functional groups attached to an aromatic ring is 1. The summed E-state index contributed by atoms with van der Waals surface area (Å²) in [4.78, 5) is 0.799. The van der Waals surface area contributed by atoms with E-state index < -0.39 is 10.8 Å². The van der Waals surface area contributed by atoms with Crippen LogP contribution in [0.25, 0.3) is 0 Å². The van der Waals surface area contributed by atoms with Crippen molar-refractivity contribution >= 4 is 32.4 Å². The Morgan fingerprint density at radius 3 is 2.90 bits per heavy atom. The molecule has 2 aromatic carbocycles. The van der Waals surface area contributed by atoms with Crippen LogP contribution in [0.3, 0.4) is 0 Å². The van der Waals surface area contributed by atoms with E-state index >= 15 is 0 Å². The minimum atomic E-state index is -1.11. The molecule has 0 radical (unpaired) electrons. The fraction of sp³-hybridized carbons (Fsp3) is 0.250. The van der Waals surface area contributed by atoms with E-state index in [1.54, 1.807) is 0 Å². The Labute approximate surface area is 135 Å². The average Bonchev–Trinajstić information content (AvgIpc) is 2.90. The maximum absolute atomic E-state index is 12.6. The van der Waals surface area contributed by atoms with Crippen LogP contribution < -0.4 is 10.5 Å². The van der Waals surface area contributed by atoms with E-state index in [9.17, 15) is 4.21 Å². The van der Waals surface area contributed by atoms with Gasteiger partial charge in [-0.25, -0.2) is 0 Å². The first-order valence-electron chi connectivity index (χ1n) is 6.73. The molecule has 0 aromatic heterocycles. The molecule has 110 valence electrons. The van der Waals surface area contributed by atoms with Gasteiger partial charge in [0.05, 0.1) is 23.2 Å². The monoisotopic (exact) mass is 365 g/mol. The first kappa shape index (κ1) is 14.6. The third-order valence-corrected chi connectivity index (χ3v) is 5.43. The first-order valence-corrected chi connectivity index (χ1v) is 8.84. The predicted molar refractivity (Wildman–Crippen MR) is 89.0 cm³/mol. The summed E-state index contributed by atoms with van der Waals surface area (Å²) in [5.41, 5.74) is 9.67. The van der Waals surface area contributed by atoms with Gasteiger partial charge in [0.2, 0.25) is 0 Å². The standard InChI is InChI=1S/C16H16BrNO2S/c1-10-6-14(2-3-15(10)18)21(19)9-12-8-13(17)7-11-4-5-20-16(11)12/h2-3,6-8H,4-5,9,18H2,1H3. The Kier molecular flexibility index (Phi) is 4.04. The van der Waals surface area contributed by atoms with Gasteiger partial charge in [0.1, 0.15) is 5.75 Å². The maximum atomic E-state index is 12.6. The van der Waals surface area contributed by atoms with Crippen molar-refractivity contribution in [2.45, 2.75) is 24.0 Å². The van der Waals surface area contributed by atoms with E-state index in [4.69, 9.17) is 10.5 Å². The number of halogens is 1. The van der Waals surface area contributed by atoms with Crippen molar-refractivity contribution in [3.05, 3.63) is 51.5 Å². The lowest BCUT2D eigenvalue weighted by atomic mass is 10.1. The molecule has 0 aliphatic carbocycles. The highest BCUT2D eigenvalue weighted by Crippen LogP contribution is 2.34. The van der Waals surface area contributed by atoms with E-state index in [1.165, 1.54) is 5.56 Å². The van der Waals surface area contributed by atoms with Crippen molar-refractivity contribution in [3.8, 4) is 5.75 Å². The Bertz CT molecular complexity index is 730. The fourth-order valence-electron chi connectivity index (χ4n) is 2.47. The van der Waals surface area contributed by atoms with Crippen LogP contribution in [0.2, 0.25) is 0 Å². The molecule has 1 atom stereocenters. The van der Waals surface area contributed by atoms with Gasteiger partial charge in [0.25, 0.3) is 0 Å². The smallest absolute Gasteiger partial charge is 0.126 e. The first-order chi connectivity index (χ1) is 10.0. The molecule has 1 unspecified atom stereocenters. The summed E-state index contributed by atoms with van der Waals surface area (Å²) in [7, 11) is -1.11. The Balaban J connectivity index is 1.90. The van der Waals surface area contributed by atoms with Gasteiger partial charge < -0.3 is 10.5 Å². The normalized spacial score (nSPS) is 14.6. The van der Waals surface area contributed by atoms with Gasteiger partial charge in [-0.3, -0.25) is 4.21 Å². The molecule has 0 fully saturated rings. The minimum Gasteiger partial charge on any atom is -0.493 e. The van der Waals surface area contributed by atoms with Gasteiger partial charge in [-0.15, -0.1) is 0 Å². The number of aryl methyl sites for hydroxylation is 1. The molecule has 5 heteroatoms. The van der Waals surface area contributed by atoms with Gasteiger partial charge in [0, 0.05) is 27.0 Å². The van der Waals surface area contributed by atoms with Crippen LogP contribution in [0, 0.1) is 6.92 Å². The molecule has 2 N–H and O–H groups in total. The zero-order chi connectivity index (χ0) is 15.0. The molecule has 0 spiro atoms. The van der Waals surface area contributed by atoms with E-state index in [0.29, 0.717) is 12.4 Å². The summed E-state index contributed by atoms with van der Waals surface area (Å²) < 4.78 is 19.3. The van der Waals surface area contributed by atoms with E-state index in [1.807, 2.05) is 31.2 Å². The van der Waals surface area contributed by atoms with Crippen LogP contribution in [0.1, 0.15) is 16.7 Å². The molecule has 0 bridgehead atoms. The molecular weight excluding hydrogens is 350 g/mol. The van der Waals surface area contributed by atoms with Gasteiger partial charge >= 0.3 is 0 Å². The lowest BCUT2D eigenvalue weighted by Gasteiger charge is -2.10. The van der Waals surface area contributed by atoms with Gasteiger partial charge in [-0.1, -0.05) is 15.9 Å². The second kappa shape index (κ2) is 5.81. The van der Waals surface area contributed by atoms with Crippen molar-refractivity contribution in [1.82, 2.24) is 0 Å². The number of nitrogens with two attached hydrogens (primary N) is 1. The molecule has 0 saturated carbocycles. The summed E-state index contributed by atoms with van der Waals surface area (Å²) in [5, 5.41) is 0. The summed E-state index contributed by atoms with van der Waals surface area (Å²) in [5.74, 6) is 1.35. The van der Waals surface area contributed by atoms with Crippen LogP contribution in [0.5, 0.6) is 5.75 Å². The van der Waals surface area contributed by atoms with Gasteiger partial charge in [-0.05, 0) is 48.4 Å². The molecule has 1 heterocycles. The zero-order valence-corrected chi connectivity index (χ0v) is 14.1. The third kappa shape index (κ3) is 2.99. The second-order valence-corrected chi connectivity index (χ2v) is 7.53. The lowest BCUT2D eigenvalue weighted by Crippen LogP contribution is -2.00. The van der Waals surface area contributed by atoms with Crippen LogP contribution in [-0.2, 0) is 23.0 Å². The number of hydrogen-bond acceptors (Lipinski definition) is 3. The maximum Gasteiger partial charge on any atom is 0.126 e. The summed E-state index contributed by atoms with van der Waals surface area (Å²) in [6, 6.07) is 9.60. The predicted octanol–water partition coefficient (Wildman–Crippen LogP) is 3.58. The molecule has 3 rings (SSSR count). The summed E-state index contributed by atoms with van der Waals surface area (Å²) >= 11 is 3.51. The number of fused-ring (bicyclic) bond motifs is 1. The number of ether oxygens (including phenoxy) is 1. The van der Waals surface area contributed by atoms with Crippen molar-refractivity contribution in [3.63, 3.8) is 0 Å². The SMILES string of the molecule is Cc1cc(S(=O)Cc2cc(Br)cc3c2OCC3)ccc1N. The van der Waals surface area contributed by atoms with Crippen molar-refractivity contribution in [1.29, 1.82) is 0 Å². The largest absolute Gasteiger partial charge is 0.493 e. The van der Waals surface area contributed by atoms with Crippen molar-refractivity contribution in [2.24, 2.45) is 0 Å². The molecule has 1 aliphatic heterocycles.